The summed E-state index contributed by atoms with van der Waals surface area (Å²) in [6, 6.07) is 19.5. The van der Waals surface area contributed by atoms with Crippen LogP contribution in [0.25, 0.3) is 0 Å². The first-order valence-electron chi connectivity index (χ1n) is 10.3. The smallest absolute Gasteiger partial charge is 0.249 e. The average Bonchev–Trinajstić information content (AvgIpc) is 2.84. The van der Waals surface area contributed by atoms with Crippen LogP contribution in [0.1, 0.15) is 17.5 Å². The maximum absolute atomic E-state index is 12.1. The lowest BCUT2D eigenvalue weighted by Crippen LogP contribution is -2.24. The van der Waals surface area contributed by atoms with E-state index in [-0.39, 0.29) is 0 Å². The number of carbonyl (C=O) groups excluding carboxylic acids is 2. The Morgan fingerprint density at radius 2 is 1.65 bits per heavy atom. The molecule has 2 amide bonds. The molecule has 0 aliphatic rings. The molecule has 3 aromatic rings. The van der Waals surface area contributed by atoms with Gasteiger partial charge in [-0.2, -0.15) is 5.10 Å². The second-order valence-electron chi connectivity index (χ2n) is 7.04. The highest BCUT2D eigenvalue weighted by atomic mass is 35.5. The van der Waals surface area contributed by atoms with E-state index in [0.717, 1.165) is 5.56 Å². The second kappa shape index (κ2) is 12.3. The molecule has 0 atom stereocenters. The monoisotopic (exact) mass is 481 g/mol. The van der Waals surface area contributed by atoms with Crippen LogP contribution in [-0.4, -0.2) is 32.2 Å². The van der Waals surface area contributed by atoms with Crippen molar-refractivity contribution in [2.45, 2.75) is 13.0 Å². The molecule has 9 heteroatoms. The van der Waals surface area contributed by atoms with Crippen LogP contribution < -0.4 is 25.0 Å². The topological polar surface area (TPSA) is 98.2 Å². The number of anilines is 1. The van der Waals surface area contributed by atoms with E-state index in [9.17, 15) is 9.59 Å². The van der Waals surface area contributed by atoms with Gasteiger partial charge in [-0.1, -0.05) is 35.9 Å². The number of ether oxygens (including phenoxy) is 3. The van der Waals surface area contributed by atoms with E-state index in [2.05, 4.69) is 15.8 Å². The fourth-order valence-corrected chi connectivity index (χ4v) is 3.06. The SMILES string of the molecule is COc1ccccc1NC(=O)CC(=O)NN=Cc1ccc(OCc2ccc(Cl)cc2)c(OC)c1. The first-order chi connectivity index (χ1) is 16.5. The van der Waals surface area contributed by atoms with Crippen LogP contribution in [0.3, 0.4) is 0 Å². The summed E-state index contributed by atoms with van der Waals surface area (Å²) in [5.74, 6) is 0.537. The van der Waals surface area contributed by atoms with Crippen LogP contribution in [0.2, 0.25) is 5.02 Å². The van der Waals surface area contributed by atoms with E-state index in [1.807, 2.05) is 12.1 Å². The largest absolute Gasteiger partial charge is 0.495 e. The number of hydrogen-bond donors (Lipinski definition) is 2. The van der Waals surface area contributed by atoms with Gasteiger partial charge in [0.15, 0.2) is 11.5 Å². The fourth-order valence-electron chi connectivity index (χ4n) is 2.93. The van der Waals surface area contributed by atoms with Crippen molar-refractivity contribution < 1.29 is 23.8 Å². The number of hydrazone groups is 1. The maximum atomic E-state index is 12.1. The number of methoxy groups -OCH3 is 2. The minimum atomic E-state index is -0.557. The summed E-state index contributed by atoms with van der Waals surface area (Å²) >= 11 is 5.90. The molecular weight excluding hydrogens is 458 g/mol. The molecule has 0 aliphatic heterocycles. The van der Waals surface area contributed by atoms with Crippen LogP contribution >= 0.6 is 11.6 Å². The van der Waals surface area contributed by atoms with E-state index in [1.54, 1.807) is 54.6 Å². The summed E-state index contributed by atoms with van der Waals surface area (Å²) < 4.78 is 16.4. The predicted octanol–water partition coefficient (Wildman–Crippen LogP) is 4.42. The van der Waals surface area contributed by atoms with E-state index in [4.69, 9.17) is 25.8 Å². The lowest BCUT2D eigenvalue weighted by atomic mass is 10.2. The highest BCUT2D eigenvalue weighted by Gasteiger charge is 2.11. The van der Waals surface area contributed by atoms with Gasteiger partial charge in [0.25, 0.3) is 0 Å². The van der Waals surface area contributed by atoms with E-state index >= 15 is 0 Å². The summed E-state index contributed by atoms with van der Waals surface area (Å²) in [5.41, 5.74) is 4.46. The van der Waals surface area contributed by atoms with Crippen LogP contribution in [0.4, 0.5) is 5.69 Å². The molecule has 0 fully saturated rings. The van der Waals surface area contributed by atoms with E-state index < -0.39 is 18.2 Å². The molecule has 2 N–H and O–H groups in total. The molecule has 0 bridgehead atoms. The predicted molar refractivity (Wildman–Crippen MR) is 131 cm³/mol. The number of amides is 2. The molecule has 0 aliphatic carbocycles. The summed E-state index contributed by atoms with van der Waals surface area (Å²) in [4.78, 5) is 24.1. The van der Waals surface area contributed by atoms with Crippen molar-refractivity contribution in [2.75, 3.05) is 19.5 Å². The van der Waals surface area contributed by atoms with Crippen molar-refractivity contribution in [3.63, 3.8) is 0 Å². The number of benzene rings is 3. The minimum Gasteiger partial charge on any atom is -0.495 e. The molecule has 34 heavy (non-hydrogen) atoms. The molecule has 0 unspecified atom stereocenters. The number of halogens is 1. The third-order valence-electron chi connectivity index (χ3n) is 4.60. The van der Waals surface area contributed by atoms with Gasteiger partial charge < -0.3 is 19.5 Å². The second-order valence-corrected chi connectivity index (χ2v) is 7.48. The average molecular weight is 482 g/mol. The Kier molecular flexibility index (Phi) is 8.88. The van der Waals surface area contributed by atoms with Gasteiger partial charge in [-0.05, 0) is 53.6 Å². The zero-order valence-corrected chi connectivity index (χ0v) is 19.5. The fraction of sp³-hybridized carbons (Fsp3) is 0.160. The molecule has 0 aromatic heterocycles. The van der Waals surface area contributed by atoms with Crippen LogP contribution in [-0.2, 0) is 16.2 Å². The number of carbonyl (C=O) groups is 2. The number of hydrogen-bond acceptors (Lipinski definition) is 6. The Labute approximate surface area is 202 Å². The highest BCUT2D eigenvalue weighted by Crippen LogP contribution is 2.28. The van der Waals surface area contributed by atoms with Gasteiger partial charge in [0, 0.05) is 5.02 Å². The third-order valence-corrected chi connectivity index (χ3v) is 4.85. The minimum absolute atomic E-state index is 0.355. The zero-order valence-electron chi connectivity index (χ0n) is 18.7. The molecule has 0 radical (unpaired) electrons. The van der Waals surface area contributed by atoms with Crippen LogP contribution in [0.5, 0.6) is 17.2 Å². The maximum Gasteiger partial charge on any atom is 0.249 e. The van der Waals surface area contributed by atoms with Crippen molar-refractivity contribution in [1.29, 1.82) is 0 Å². The number of rotatable bonds is 10. The van der Waals surface area contributed by atoms with E-state index in [1.165, 1.54) is 20.4 Å². The van der Waals surface area contributed by atoms with Gasteiger partial charge in [-0.15, -0.1) is 0 Å². The molecule has 3 rings (SSSR count). The Morgan fingerprint density at radius 3 is 2.38 bits per heavy atom. The van der Waals surface area contributed by atoms with E-state index in [0.29, 0.717) is 40.1 Å². The molecule has 3 aromatic carbocycles. The highest BCUT2D eigenvalue weighted by molar-refractivity contribution is 6.30. The summed E-state index contributed by atoms with van der Waals surface area (Å²) in [7, 11) is 3.03. The van der Waals surface area contributed by atoms with Gasteiger partial charge in [0.2, 0.25) is 11.8 Å². The van der Waals surface area contributed by atoms with Crippen molar-refractivity contribution in [1.82, 2.24) is 5.43 Å². The molecular formula is C25H24ClN3O5. The zero-order chi connectivity index (χ0) is 24.3. The molecule has 176 valence electrons. The summed E-state index contributed by atoms with van der Waals surface area (Å²) in [6.07, 6.45) is 1.05. The number of para-hydroxylation sites is 2. The van der Waals surface area contributed by atoms with Crippen molar-refractivity contribution >= 4 is 35.3 Å². The Balaban J connectivity index is 1.51. The molecule has 0 heterocycles. The lowest BCUT2D eigenvalue weighted by molar-refractivity contribution is -0.126. The first-order valence-corrected chi connectivity index (χ1v) is 10.7. The Hall–Kier alpha value is -4.04. The molecule has 0 saturated heterocycles. The van der Waals surface area contributed by atoms with Gasteiger partial charge in [-0.25, -0.2) is 5.43 Å². The molecule has 0 saturated carbocycles. The van der Waals surface area contributed by atoms with Crippen molar-refractivity contribution in [3.8, 4) is 17.2 Å². The number of nitrogens with zero attached hydrogens (tertiary/aromatic N) is 1. The summed E-state index contributed by atoms with van der Waals surface area (Å²) in [5, 5.41) is 7.20. The molecule has 8 nitrogen and oxygen atoms in total. The quantitative estimate of drug-likeness (QED) is 0.254. The van der Waals surface area contributed by atoms with Gasteiger partial charge in [0.05, 0.1) is 26.1 Å². The summed E-state index contributed by atoms with van der Waals surface area (Å²) in [6.45, 7) is 0.355. The normalized spacial score (nSPS) is 10.6. The Bertz CT molecular complexity index is 1170. The van der Waals surface area contributed by atoms with Gasteiger partial charge >= 0.3 is 0 Å². The van der Waals surface area contributed by atoms with Gasteiger partial charge in [0.1, 0.15) is 18.8 Å². The first kappa shape index (κ1) is 24.6. The number of nitrogens with one attached hydrogen (secondary N) is 2. The van der Waals surface area contributed by atoms with Crippen LogP contribution in [0.15, 0.2) is 71.8 Å². The molecule has 0 spiro atoms. The van der Waals surface area contributed by atoms with Crippen molar-refractivity contribution in [3.05, 3.63) is 82.9 Å². The Morgan fingerprint density at radius 1 is 0.912 bits per heavy atom. The standard InChI is InChI=1S/C25H24ClN3O5/c1-32-21-6-4-3-5-20(21)28-24(30)14-25(31)29-27-15-18-9-12-22(23(13-18)33-2)34-16-17-7-10-19(26)11-8-17/h3-13,15H,14,16H2,1-2H3,(H,28,30)(H,29,31). The third kappa shape index (κ3) is 7.25. The van der Waals surface area contributed by atoms with Crippen molar-refractivity contribution in [2.24, 2.45) is 5.10 Å². The lowest BCUT2D eigenvalue weighted by Gasteiger charge is -2.11. The van der Waals surface area contributed by atoms with Gasteiger partial charge in [-0.3, -0.25) is 9.59 Å². The van der Waals surface area contributed by atoms with Crippen LogP contribution in [0, 0.1) is 0 Å².